The van der Waals surface area contributed by atoms with Crippen LogP contribution in [0.25, 0.3) is 22.2 Å². The highest BCUT2D eigenvalue weighted by Crippen LogP contribution is 2.25. The van der Waals surface area contributed by atoms with Gasteiger partial charge in [0.25, 0.3) is 5.91 Å². The summed E-state index contributed by atoms with van der Waals surface area (Å²) in [4.78, 5) is 20.3. The minimum atomic E-state index is -0.0211. The van der Waals surface area contributed by atoms with E-state index in [1.54, 1.807) is 0 Å². The van der Waals surface area contributed by atoms with Crippen molar-refractivity contribution in [3.05, 3.63) is 65.7 Å². The van der Waals surface area contributed by atoms with E-state index in [4.69, 9.17) is 4.98 Å². The quantitative estimate of drug-likeness (QED) is 0.720. The first-order valence-electron chi connectivity index (χ1n) is 10.2. The average molecular weight is 374 g/mol. The Labute approximate surface area is 166 Å². The van der Waals surface area contributed by atoms with Gasteiger partial charge in [-0.05, 0) is 51.1 Å². The Kier molecular flexibility index (Phi) is 5.68. The van der Waals surface area contributed by atoms with Crippen molar-refractivity contribution in [3.63, 3.8) is 0 Å². The van der Waals surface area contributed by atoms with E-state index in [1.807, 2.05) is 55.5 Å². The SMILES string of the molecule is Cc1ccc2nc(-c3ccccc3)cc(C(=O)NCCN3CCCCC3)c2c1. The van der Waals surface area contributed by atoms with Crippen LogP contribution in [0.5, 0.6) is 0 Å². The van der Waals surface area contributed by atoms with E-state index in [0.717, 1.165) is 47.4 Å². The Hall–Kier alpha value is -2.72. The molecule has 1 aliphatic rings. The van der Waals surface area contributed by atoms with Gasteiger partial charge < -0.3 is 10.2 Å². The van der Waals surface area contributed by atoms with Crippen molar-refractivity contribution in [1.82, 2.24) is 15.2 Å². The van der Waals surface area contributed by atoms with Crippen molar-refractivity contribution in [2.45, 2.75) is 26.2 Å². The van der Waals surface area contributed by atoms with Crippen LogP contribution in [-0.2, 0) is 0 Å². The maximum Gasteiger partial charge on any atom is 0.252 e. The molecule has 4 heteroatoms. The summed E-state index contributed by atoms with van der Waals surface area (Å²) >= 11 is 0. The Balaban J connectivity index is 1.60. The summed E-state index contributed by atoms with van der Waals surface area (Å²) in [6.07, 6.45) is 3.86. The van der Waals surface area contributed by atoms with E-state index in [0.29, 0.717) is 12.1 Å². The molecule has 0 bridgehead atoms. The van der Waals surface area contributed by atoms with Crippen molar-refractivity contribution < 1.29 is 4.79 Å². The zero-order chi connectivity index (χ0) is 19.3. The van der Waals surface area contributed by atoms with Gasteiger partial charge in [-0.3, -0.25) is 4.79 Å². The van der Waals surface area contributed by atoms with Gasteiger partial charge in [-0.25, -0.2) is 4.98 Å². The van der Waals surface area contributed by atoms with Gasteiger partial charge in [0, 0.05) is 24.0 Å². The molecule has 1 aliphatic heterocycles. The highest BCUT2D eigenvalue weighted by Gasteiger charge is 2.15. The third-order valence-corrected chi connectivity index (χ3v) is 5.44. The maximum atomic E-state index is 13.0. The summed E-state index contributed by atoms with van der Waals surface area (Å²) in [5, 5.41) is 4.04. The van der Waals surface area contributed by atoms with E-state index in [-0.39, 0.29) is 5.91 Å². The second-order valence-electron chi connectivity index (χ2n) is 7.60. The molecule has 1 amide bonds. The van der Waals surface area contributed by atoms with Gasteiger partial charge in [-0.15, -0.1) is 0 Å². The molecule has 2 heterocycles. The summed E-state index contributed by atoms with van der Waals surface area (Å²) in [6.45, 7) is 5.92. The van der Waals surface area contributed by atoms with Crippen LogP contribution in [0.4, 0.5) is 0 Å². The van der Waals surface area contributed by atoms with Crippen molar-refractivity contribution in [3.8, 4) is 11.3 Å². The molecule has 0 saturated carbocycles. The summed E-state index contributed by atoms with van der Waals surface area (Å²) in [5.74, 6) is -0.0211. The van der Waals surface area contributed by atoms with Gasteiger partial charge in [-0.2, -0.15) is 0 Å². The number of likely N-dealkylation sites (tertiary alicyclic amines) is 1. The summed E-state index contributed by atoms with van der Waals surface area (Å²) in [7, 11) is 0. The molecule has 0 aliphatic carbocycles. The average Bonchev–Trinajstić information content (AvgIpc) is 2.74. The molecule has 2 aromatic carbocycles. The van der Waals surface area contributed by atoms with Crippen LogP contribution in [0.15, 0.2) is 54.6 Å². The second-order valence-corrected chi connectivity index (χ2v) is 7.60. The molecule has 1 N–H and O–H groups in total. The molecule has 0 unspecified atom stereocenters. The Morgan fingerprint density at radius 1 is 1.04 bits per heavy atom. The van der Waals surface area contributed by atoms with Crippen LogP contribution in [0.1, 0.15) is 35.2 Å². The molecule has 0 spiro atoms. The lowest BCUT2D eigenvalue weighted by atomic mass is 10.0. The fourth-order valence-electron chi connectivity index (χ4n) is 3.89. The lowest BCUT2D eigenvalue weighted by Crippen LogP contribution is -2.37. The molecular formula is C24H27N3O. The molecule has 1 saturated heterocycles. The number of pyridine rings is 1. The topological polar surface area (TPSA) is 45.2 Å². The van der Waals surface area contributed by atoms with Crippen molar-refractivity contribution in [2.75, 3.05) is 26.2 Å². The number of piperidine rings is 1. The summed E-state index contributed by atoms with van der Waals surface area (Å²) in [6, 6.07) is 18.1. The third kappa shape index (κ3) is 4.23. The molecule has 4 nitrogen and oxygen atoms in total. The normalized spacial score (nSPS) is 14.9. The molecule has 0 radical (unpaired) electrons. The van der Waals surface area contributed by atoms with Gasteiger partial charge >= 0.3 is 0 Å². The number of rotatable bonds is 5. The van der Waals surface area contributed by atoms with Gasteiger partial charge in [0.1, 0.15) is 0 Å². The highest BCUT2D eigenvalue weighted by atomic mass is 16.1. The van der Waals surface area contributed by atoms with Crippen LogP contribution < -0.4 is 5.32 Å². The fourth-order valence-corrected chi connectivity index (χ4v) is 3.89. The molecular weight excluding hydrogens is 346 g/mol. The fraction of sp³-hybridized carbons (Fsp3) is 0.333. The molecule has 3 aromatic rings. The minimum absolute atomic E-state index is 0.0211. The largest absolute Gasteiger partial charge is 0.351 e. The number of hydrogen-bond donors (Lipinski definition) is 1. The Morgan fingerprint density at radius 3 is 2.61 bits per heavy atom. The number of carbonyl (C=O) groups is 1. The van der Waals surface area contributed by atoms with E-state index in [1.165, 1.54) is 19.3 Å². The number of benzene rings is 2. The lowest BCUT2D eigenvalue weighted by molar-refractivity contribution is 0.0948. The Morgan fingerprint density at radius 2 is 1.82 bits per heavy atom. The van der Waals surface area contributed by atoms with Gasteiger partial charge in [0.15, 0.2) is 0 Å². The van der Waals surface area contributed by atoms with Crippen LogP contribution >= 0.6 is 0 Å². The number of fused-ring (bicyclic) bond motifs is 1. The Bertz CT molecular complexity index is 962. The number of aromatic nitrogens is 1. The predicted molar refractivity (Wildman–Crippen MR) is 115 cm³/mol. The first kappa shape index (κ1) is 18.6. The molecule has 1 fully saturated rings. The van der Waals surface area contributed by atoms with Crippen molar-refractivity contribution >= 4 is 16.8 Å². The number of amides is 1. The molecule has 4 rings (SSSR count). The zero-order valence-electron chi connectivity index (χ0n) is 16.4. The zero-order valence-corrected chi connectivity index (χ0v) is 16.4. The molecule has 144 valence electrons. The molecule has 28 heavy (non-hydrogen) atoms. The number of nitrogens with one attached hydrogen (secondary N) is 1. The van der Waals surface area contributed by atoms with Crippen LogP contribution in [0.3, 0.4) is 0 Å². The number of aryl methyl sites for hydroxylation is 1. The van der Waals surface area contributed by atoms with Crippen LogP contribution in [-0.4, -0.2) is 42.0 Å². The number of hydrogen-bond acceptors (Lipinski definition) is 3. The van der Waals surface area contributed by atoms with E-state index >= 15 is 0 Å². The number of nitrogens with zero attached hydrogens (tertiary/aromatic N) is 2. The standard InChI is InChI=1S/C24H27N3O/c1-18-10-11-22-20(16-18)21(17-23(26-22)19-8-4-2-5-9-19)24(28)25-12-15-27-13-6-3-7-14-27/h2,4-5,8-11,16-17H,3,6-7,12-15H2,1H3,(H,25,28). The van der Waals surface area contributed by atoms with Crippen molar-refractivity contribution in [2.24, 2.45) is 0 Å². The van der Waals surface area contributed by atoms with Crippen molar-refractivity contribution in [1.29, 1.82) is 0 Å². The third-order valence-electron chi connectivity index (χ3n) is 5.44. The molecule has 1 aromatic heterocycles. The van der Waals surface area contributed by atoms with Gasteiger partial charge in [0.2, 0.25) is 0 Å². The van der Waals surface area contributed by atoms with E-state index < -0.39 is 0 Å². The maximum absolute atomic E-state index is 13.0. The number of carbonyl (C=O) groups excluding carboxylic acids is 1. The van der Waals surface area contributed by atoms with Crippen LogP contribution in [0, 0.1) is 6.92 Å². The first-order chi connectivity index (χ1) is 13.7. The van der Waals surface area contributed by atoms with Crippen LogP contribution in [0.2, 0.25) is 0 Å². The van der Waals surface area contributed by atoms with Gasteiger partial charge in [0.05, 0.1) is 16.8 Å². The highest BCUT2D eigenvalue weighted by molar-refractivity contribution is 6.07. The van der Waals surface area contributed by atoms with E-state index in [9.17, 15) is 4.79 Å². The lowest BCUT2D eigenvalue weighted by Gasteiger charge is -2.26. The van der Waals surface area contributed by atoms with Gasteiger partial charge in [-0.1, -0.05) is 48.4 Å². The van der Waals surface area contributed by atoms with E-state index in [2.05, 4.69) is 16.3 Å². The smallest absolute Gasteiger partial charge is 0.252 e. The summed E-state index contributed by atoms with van der Waals surface area (Å²) < 4.78 is 0. The second kappa shape index (κ2) is 8.53. The first-order valence-corrected chi connectivity index (χ1v) is 10.2. The summed E-state index contributed by atoms with van der Waals surface area (Å²) in [5.41, 5.74) is 4.54. The monoisotopic (exact) mass is 373 g/mol. The molecule has 0 atom stereocenters. The minimum Gasteiger partial charge on any atom is -0.351 e. The predicted octanol–water partition coefficient (Wildman–Crippen LogP) is 4.43.